The number of benzene rings is 2. The van der Waals surface area contributed by atoms with E-state index in [1.165, 1.54) is 0 Å². The number of carbonyl (C=O) groups is 3. The van der Waals surface area contributed by atoms with Gasteiger partial charge in [0.05, 0.1) is 0 Å². The second-order valence-electron chi connectivity index (χ2n) is 6.03. The lowest BCUT2D eigenvalue weighted by Gasteiger charge is -2.24. The molecular formula is C20H21NO5. The molecule has 0 radical (unpaired) electrons. The third kappa shape index (κ3) is 3.81. The fraction of sp³-hybridized carbons (Fsp3) is 0.250. The third-order valence-electron chi connectivity index (χ3n) is 4.30. The van der Waals surface area contributed by atoms with E-state index in [0.717, 1.165) is 11.1 Å². The summed E-state index contributed by atoms with van der Waals surface area (Å²) in [5.74, 6) is 1.39. The van der Waals surface area contributed by atoms with Crippen LogP contribution < -0.4 is 5.90 Å². The summed E-state index contributed by atoms with van der Waals surface area (Å²) in [6, 6.07) is 16.7. The highest BCUT2D eigenvalue weighted by Crippen LogP contribution is 2.30. The van der Waals surface area contributed by atoms with Crippen molar-refractivity contribution < 1.29 is 24.3 Å². The molecule has 0 aliphatic carbocycles. The Kier molecular flexibility index (Phi) is 6.25. The van der Waals surface area contributed by atoms with Crippen LogP contribution in [0.4, 0.5) is 0 Å². The van der Waals surface area contributed by atoms with Gasteiger partial charge < -0.3 is 9.94 Å². The number of carboxylic acid groups (broad SMARTS) is 1. The largest absolute Gasteiger partial charge is 0.480 e. The zero-order valence-electron chi connectivity index (χ0n) is 14.5. The van der Waals surface area contributed by atoms with Gasteiger partial charge >= 0.3 is 11.9 Å². The van der Waals surface area contributed by atoms with Crippen LogP contribution in [0, 0.1) is 5.41 Å². The maximum Gasteiger partial charge on any atom is 0.350 e. The van der Waals surface area contributed by atoms with Crippen molar-refractivity contribution in [1.82, 2.24) is 0 Å². The Morgan fingerprint density at radius 3 is 2.08 bits per heavy atom. The van der Waals surface area contributed by atoms with Crippen molar-refractivity contribution >= 4 is 17.7 Å². The second kappa shape index (κ2) is 8.40. The first-order chi connectivity index (χ1) is 12.5. The van der Waals surface area contributed by atoms with Gasteiger partial charge in [0.25, 0.3) is 0 Å². The molecule has 1 unspecified atom stereocenters. The summed E-state index contributed by atoms with van der Waals surface area (Å²) >= 11 is 0. The van der Waals surface area contributed by atoms with E-state index in [2.05, 4.69) is 4.84 Å². The lowest BCUT2D eigenvalue weighted by molar-refractivity contribution is -0.172. The van der Waals surface area contributed by atoms with E-state index < -0.39 is 23.1 Å². The molecule has 2 aromatic rings. The molecule has 0 aliphatic heterocycles. The van der Waals surface area contributed by atoms with Crippen LogP contribution in [0.1, 0.15) is 25.3 Å². The molecule has 2 aromatic carbocycles. The van der Waals surface area contributed by atoms with Crippen LogP contribution in [-0.2, 0) is 25.6 Å². The number of carbonyl (C=O) groups excluding carboxylic acids is 2. The molecule has 0 bridgehead atoms. The van der Waals surface area contributed by atoms with E-state index in [4.69, 9.17) is 5.90 Å². The number of ketones is 1. The van der Waals surface area contributed by atoms with Gasteiger partial charge in [-0.3, -0.25) is 9.59 Å². The Balaban J connectivity index is 2.37. The van der Waals surface area contributed by atoms with Gasteiger partial charge in [-0.05, 0) is 23.1 Å². The van der Waals surface area contributed by atoms with Gasteiger partial charge in [0.15, 0.2) is 5.78 Å². The van der Waals surface area contributed by atoms with Gasteiger partial charge in [-0.15, -0.1) is 0 Å². The average molecular weight is 355 g/mol. The van der Waals surface area contributed by atoms with Crippen molar-refractivity contribution in [1.29, 1.82) is 0 Å². The molecule has 0 aliphatic rings. The second-order valence-corrected chi connectivity index (χ2v) is 6.03. The van der Waals surface area contributed by atoms with Gasteiger partial charge in [-0.1, -0.05) is 61.5 Å². The highest BCUT2D eigenvalue weighted by atomic mass is 16.7. The van der Waals surface area contributed by atoms with Crippen molar-refractivity contribution in [3.63, 3.8) is 0 Å². The van der Waals surface area contributed by atoms with Crippen molar-refractivity contribution in [3.05, 3.63) is 60.2 Å². The lowest BCUT2D eigenvalue weighted by atomic mass is 9.76. The van der Waals surface area contributed by atoms with E-state index in [9.17, 15) is 19.5 Å². The fourth-order valence-corrected chi connectivity index (χ4v) is 2.86. The minimum atomic E-state index is -2.33. The summed E-state index contributed by atoms with van der Waals surface area (Å²) in [6.07, 6.45) is 0.0500. The Hall–Kier alpha value is -2.99. The average Bonchev–Trinajstić information content (AvgIpc) is 2.66. The van der Waals surface area contributed by atoms with Crippen molar-refractivity contribution in [2.45, 2.75) is 26.2 Å². The fourth-order valence-electron chi connectivity index (χ4n) is 2.86. The van der Waals surface area contributed by atoms with Crippen LogP contribution >= 0.6 is 0 Å². The van der Waals surface area contributed by atoms with Crippen LogP contribution in [0.5, 0.6) is 0 Å². The molecule has 6 nitrogen and oxygen atoms in total. The molecule has 26 heavy (non-hydrogen) atoms. The predicted octanol–water partition coefficient (Wildman–Crippen LogP) is 2.75. The first-order valence-corrected chi connectivity index (χ1v) is 8.28. The number of hydrogen-bond acceptors (Lipinski definition) is 5. The lowest BCUT2D eigenvalue weighted by Crippen LogP contribution is -2.50. The summed E-state index contributed by atoms with van der Waals surface area (Å²) in [7, 11) is 0. The molecular weight excluding hydrogens is 334 g/mol. The van der Waals surface area contributed by atoms with Gasteiger partial charge in [0.1, 0.15) is 0 Å². The SMILES string of the molecule is CCCC(=O)C(Cc1ccc(-c2ccccc2)cc1)(C(=O)O)C(=O)ON. The van der Waals surface area contributed by atoms with Crippen LogP contribution in [0.25, 0.3) is 11.1 Å². The van der Waals surface area contributed by atoms with Crippen LogP contribution in [0.2, 0.25) is 0 Å². The van der Waals surface area contributed by atoms with Crippen LogP contribution in [0.15, 0.2) is 54.6 Å². The summed E-state index contributed by atoms with van der Waals surface area (Å²) in [5.41, 5.74) is 0.143. The van der Waals surface area contributed by atoms with Crippen LogP contribution in [0.3, 0.4) is 0 Å². The highest BCUT2D eigenvalue weighted by Gasteiger charge is 2.53. The van der Waals surface area contributed by atoms with Crippen molar-refractivity contribution in [2.75, 3.05) is 0 Å². The Morgan fingerprint density at radius 1 is 1.00 bits per heavy atom. The number of hydrogen-bond donors (Lipinski definition) is 2. The summed E-state index contributed by atoms with van der Waals surface area (Å²) < 4.78 is 0. The Bertz CT molecular complexity index is 786. The first-order valence-electron chi connectivity index (χ1n) is 8.28. The minimum absolute atomic E-state index is 0.0521. The predicted molar refractivity (Wildman–Crippen MR) is 95.8 cm³/mol. The molecule has 0 spiro atoms. The minimum Gasteiger partial charge on any atom is -0.480 e. The van der Waals surface area contributed by atoms with E-state index >= 15 is 0 Å². The van der Waals surface area contributed by atoms with Gasteiger partial charge in [-0.25, -0.2) is 4.79 Å². The molecule has 1 atom stereocenters. The zero-order chi connectivity index (χ0) is 19.2. The molecule has 3 N–H and O–H groups in total. The first kappa shape index (κ1) is 19.3. The number of Topliss-reactive ketones (excluding diaryl/α,β-unsaturated/α-hetero) is 1. The summed E-state index contributed by atoms with van der Waals surface area (Å²) in [4.78, 5) is 40.6. The van der Waals surface area contributed by atoms with Gasteiger partial charge in [-0.2, -0.15) is 5.90 Å². The molecule has 0 saturated carbocycles. The van der Waals surface area contributed by atoms with Crippen molar-refractivity contribution in [2.24, 2.45) is 11.3 Å². The molecule has 0 aromatic heterocycles. The van der Waals surface area contributed by atoms with E-state index in [0.29, 0.717) is 12.0 Å². The third-order valence-corrected chi connectivity index (χ3v) is 4.30. The molecule has 2 rings (SSSR count). The Labute approximate surface area is 151 Å². The van der Waals surface area contributed by atoms with Crippen molar-refractivity contribution in [3.8, 4) is 11.1 Å². The molecule has 136 valence electrons. The monoisotopic (exact) mass is 355 g/mol. The number of rotatable bonds is 8. The number of aliphatic carboxylic acids is 1. The molecule has 6 heteroatoms. The van der Waals surface area contributed by atoms with Crippen LogP contribution in [-0.4, -0.2) is 22.8 Å². The smallest absolute Gasteiger partial charge is 0.350 e. The number of carboxylic acids is 1. The number of nitrogens with two attached hydrogens (primary N) is 1. The summed E-state index contributed by atoms with van der Waals surface area (Å²) in [6.45, 7) is 1.73. The van der Waals surface area contributed by atoms with E-state index in [1.807, 2.05) is 42.5 Å². The van der Waals surface area contributed by atoms with Gasteiger partial charge in [0.2, 0.25) is 5.41 Å². The van der Waals surface area contributed by atoms with E-state index in [-0.39, 0.29) is 12.8 Å². The quantitative estimate of drug-likeness (QED) is 0.557. The standard InChI is InChI=1S/C20H21NO5/c1-2-6-17(22)20(18(23)24,19(25)26-21)13-14-9-11-16(12-10-14)15-7-4-3-5-8-15/h3-5,7-12H,2,6,13,21H2,1H3,(H,23,24). The molecule has 0 fully saturated rings. The Morgan fingerprint density at radius 2 is 1.58 bits per heavy atom. The molecule has 0 amide bonds. The zero-order valence-corrected chi connectivity index (χ0v) is 14.5. The van der Waals surface area contributed by atoms with E-state index in [1.54, 1.807) is 19.1 Å². The van der Waals surface area contributed by atoms with Gasteiger partial charge in [0, 0.05) is 12.8 Å². The topological polar surface area (TPSA) is 107 Å². The normalized spacial score (nSPS) is 12.8. The summed E-state index contributed by atoms with van der Waals surface area (Å²) in [5, 5.41) is 9.64. The molecule has 0 saturated heterocycles. The maximum atomic E-state index is 12.5. The molecule has 0 heterocycles. The maximum absolute atomic E-state index is 12.5. The highest BCUT2D eigenvalue weighted by molar-refractivity contribution is 6.19.